The van der Waals surface area contributed by atoms with Crippen molar-refractivity contribution in [1.82, 2.24) is 20.8 Å². The van der Waals surface area contributed by atoms with E-state index in [9.17, 15) is 4.79 Å². The Morgan fingerprint density at radius 1 is 1.42 bits per heavy atom. The zero-order valence-electron chi connectivity index (χ0n) is 11.4. The minimum Gasteiger partial charge on any atom is -0.354 e. The van der Waals surface area contributed by atoms with Crippen LogP contribution in [0.25, 0.3) is 10.9 Å². The Morgan fingerprint density at radius 3 is 3.00 bits per heavy atom. The molecule has 0 aliphatic rings. The summed E-state index contributed by atoms with van der Waals surface area (Å²) < 4.78 is 0. The van der Waals surface area contributed by atoms with E-state index in [1.807, 2.05) is 24.3 Å². The van der Waals surface area contributed by atoms with Gasteiger partial charge in [0.05, 0.1) is 17.6 Å². The van der Waals surface area contributed by atoms with E-state index < -0.39 is 0 Å². The first-order valence-electron chi connectivity index (χ1n) is 6.62. The Hall–Kier alpha value is -1.88. The molecule has 3 N–H and O–H groups in total. The van der Waals surface area contributed by atoms with Crippen molar-refractivity contribution in [3.63, 3.8) is 0 Å². The summed E-state index contributed by atoms with van der Waals surface area (Å²) in [5, 5.41) is 14.3. The van der Waals surface area contributed by atoms with E-state index in [0.717, 1.165) is 23.1 Å². The zero-order valence-corrected chi connectivity index (χ0v) is 11.4. The molecule has 0 aliphatic heterocycles. The van der Waals surface area contributed by atoms with Gasteiger partial charge in [0, 0.05) is 18.0 Å². The standard InChI is InChI=1S/C14H20N4O/c1-3-15-10(2)9-16-14(19)8-13-11-6-4-5-7-12(11)17-18-13/h4-7,10,15H,3,8-9H2,1-2H3,(H,16,19)(H,17,18)/t10-/m1/s1. The molecule has 5 heteroatoms. The summed E-state index contributed by atoms with van der Waals surface area (Å²) in [5.41, 5.74) is 1.76. The van der Waals surface area contributed by atoms with E-state index in [-0.39, 0.29) is 11.9 Å². The van der Waals surface area contributed by atoms with E-state index in [2.05, 4.69) is 34.7 Å². The maximum absolute atomic E-state index is 11.9. The van der Waals surface area contributed by atoms with Gasteiger partial charge in [-0.3, -0.25) is 9.89 Å². The second-order valence-electron chi connectivity index (χ2n) is 4.66. The van der Waals surface area contributed by atoms with Gasteiger partial charge in [-0.25, -0.2) is 0 Å². The Morgan fingerprint density at radius 2 is 2.21 bits per heavy atom. The van der Waals surface area contributed by atoms with Gasteiger partial charge in [-0.05, 0) is 19.5 Å². The van der Waals surface area contributed by atoms with Gasteiger partial charge in [-0.2, -0.15) is 5.10 Å². The number of hydrogen-bond acceptors (Lipinski definition) is 3. The van der Waals surface area contributed by atoms with E-state index in [1.165, 1.54) is 0 Å². The Kier molecular flexibility index (Phi) is 4.52. The number of carbonyl (C=O) groups excluding carboxylic acids is 1. The van der Waals surface area contributed by atoms with Crippen LogP contribution in [0.15, 0.2) is 24.3 Å². The third-order valence-corrected chi connectivity index (χ3v) is 3.04. The van der Waals surface area contributed by atoms with E-state index >= 15 is 0 Å². The van der Waals surface area contributed by atoms with Gasteiger partial charge in [0.1, 0.15) is 0 Å². The van der Waals surface area contributed by atoms with Crippen molar-refractivity contribution < 1.29 is 4.79 Å². The van der Waals surface area contributed by atoms with Crippen LogP contribution in [0.5, 0.6) is 0 Å². The molecule has 1 atom stereocenters. The highest BCUT2D eigenvalue weighted by Crippen LogP contribution is 2.15. The molecule has 102 valence electrons. The molecule has 0 saturated heterocycles. The summed E-state index contributed by atoms with van der Waals surface area (Å²) in [5.74, 6) is 0.0131. The average Bonchev–Trinajstić information content (AvgIpc) is 2.80. The maximum atomic E-state index is 11.9. The molecule has 0 radical (unpaired) electrons. The summed E-state index contributed by atoms with van der Waals surface area (Å²) >= 11 is 0. The molecule has 2 rings (SSSR count). The van der Waals surface area contributed by atoms with Crippen LogP contribution >= 0.6 is 0 Å². The Labute approximate surface area is 112 Å². The minimum absolute atomic E-state index is 0.0131. The van der Waals surface area contributed by atoms with Crippen LogP contribution in [-0.2, 0) is 11.2 Å². The molecule has 2 aromatic rings. The zero-order chi connectivity index (χ0) is 13.7. The highest BCUT2D eigenvalue weighted by molar-refractivity contribution is 5.87. The SMILES string of the molecule is CCN[C@H](C)CNC(=O)Cc1[nH]nc2ccccc12. The lowest BCUT2D eigenvalue weighted by Crippen LogP contribution is -2.39. The number of nitrogens with one attached hydrogen (secondary N) is 3. The summed E-state index contributed by atoms with van der Waals surface area (Å²) in [6.45, 7) is 5.64. The summed E-state index contributed by atoms with van der Waals surface area (Å²) in [7, 11) is 0. The summed E-state index contributed by atoms with van der Waals surface area (Å²) in [4.78, 5) is 11.9. The van der Waals surface area contributed by atoms with Crippen molar-refractivity contribution in [2.45, 2.75) is 26.3 Å². The predicted octanol–water partition coefficient (Wildman–Crippen LogP) is 1.22. The summed E-state index contributed by atoms with van der Waals surface area (Å²) in [6, 6.07) is 8.08. The number of amides is 1. The van der Waals surface area contributed by atoms with Crippen LogP contribution in [-0.4, -0.2) is 35.2 Å². The van der Waals surface area contributed by atoms with Gasteiger partial charge in [-0.15, -0.1) is 0 Å². The van der Waals surface area contributed by atoms with Gasteiger partial charge >= 0.3 is 0 Å². The minimum atomic E-state index is 0.0131. The lowest BCUT2D eigenvalue weighted by molar-refractivity contribution is -0.120. The molecule has 1 heterocycles. The van der Waals surface area contributed by atoms with Gasteiger partial charge < -0.3 is 10.6 Å². The van der Waals surface area contributed by atoms with E-state index in [0.29, 0.717) is 13.0 Å². The van der Waals surface area contributed by atoms with Crippen LogP contribution in [0.3, 0.4) is 0 Å². The number of rotatable bonds is 6. The Bertz CT molecular complexity index is 549. The molecule has 0 spiro atoms. The number of nitrogens with zero attached hydrogens (tertiary/aromatic N) is 1. The van der Waals surface area contributed by atoms with Crippen molar-refractivity contribution in [2.24, 2.45) is 0 Å². The molecular formula is C14H20N4O. The predicted molar refractivity (Wildman–Crippen MR) is 75.9 cm³/mol. The smallest absolute Gasteiger partial charge is 0.226 e. The fraction of sp³-hybridized carbons (Fsp3) is 0.429. The van der Waals surface area contributed by atoms with Crippen molar-refractivity contribution in [3.8, 4) is 0 Å². The quantitative estimate of drug-likeness (QED) is 0.731. The van der Waals surface area contributed by atoms with Crippen molar-refractivity contribution in [3.05, 3.63) is 30.0 Å². The number of carbonyl (C=O) groups is 1. The highest BCUT2D eigenvalue weighted by atomic mass is 16.1. The van der Waals surface area contributed by atoms with Crippen LogP contribution in [0, 0.1) is 0 Å². The monoisotopic (exact) mass is 260 g/mol. The average molecular weight is 260 g/mol. The van der Waals surface area contributed by atoms with E-state index in [4.69, 9.17) is 0 Å². The number of aromatic amines is 1. The van der Waals surface area contributed by atoms with Gasteiger partial charge in [0.25, 0.3) is 0 Å². The second kappa shape index (κ2) is 6.33. The number of hydrogen-bond donors (Lipinski definition) is 3. The van der Waals surface area contributed by atoms with Crippen LogP contribution < -0.4 is 10.6 Å². The van der Waals surface area contributed by atoms with Crippen LogP contribution in [0.2, 0.25) is 0 Å². The van der Waals surface area contributed by atoms with E-state index in [1.54, 1.807) is 0 Å². The molecule has 0 bridgehead atoms. The fourth-order valence-electron chi connectivity index (χ4n) is 2.06. The summed E-state index contributed by atoms with van der Waals surface area (Å²) in [6.07, 6.45) is 0.333. The van der Waals surface area contributed by atoms with Gasteiger partial charge in [0.15, 0.2) is 0 Å². The van der Waals surface area contributed by atoms with Crippen molar-refractivity contribution >= 4 is 16.8 Å². The van der Waals surface area contributed by atoms with Gasteiger partial charge in [-0.1, -0.05) is 25.1 Å². The molecule has 1 aromatic heterocycles. The maximum Gasteiger partial charge on any atom is 0.226 e. The molecule has 0 fully saturated rings. The number of benzene rings is 1. The molecule has 19 heavy (non-hydrogen) atoms. The second-order valence-corrected chi connectivity index (χ2v) is 4.66. The first-order valence-corrected chi connectivity index (χ1v) is 6.62. The van der Waals surface area contributed by atoms with Crippen molar-refractivity contribution in [2.75, 3.05) is 13.1 Å². The normalized spacial score (nSPS) is 12.5. The number of para-hydroxylation sites is 1. The third-order valence-electron chi connectivity index (χ3n) is 3.04. The highest BCUT2D eigenvalue weighted by Gasteiger charge is 2.10. The molecular weight excluding hydrogens is 240 g/mol. The van der Waals surface area contributed by atoms with Crippen LogP contribution in [0.1, 0.15) is 19.5 Å². The first-order chi connectivity index (χ1) is 9.20. The lowest BCUT2D eigenvalue weighted by Gasteiger charge is -2.12. The number of likely N-dealkylation sites (N-methyl/N-ethyl adjacent to an activating group) is 1. The number of fused-ring (bicyclic) bond motifs is 1. The molecule has 1 aromatic carbocycles. The molecule has 0 aliphatic carbocycles. The molecule has 0 saturated carbocycles. The van der Waals surface area contributed by atoms with Crippen molar-refractivity contribution in [1.29, 1.82) is 0 Å². The van der Waals surface area contributed by atoms with Crippen LogP contribution in [0.4, 0.5) is 0 Å². The van der Waals surface area contributed by atoms with Gasteiger partial charge in [0.2, 0.25) is 5.91 Å². The largest absolute Gasteiger partial charge is 0.354 e. The molecule has 1 amide bonds. The number of H-pyrrole nitrogens is 1. The number of aromatic nitrogens is 2. The topological polar surface area (TPSA) is 69.8 Å². The molecule has 0 unspecified atom stereocenters. The first kappa shape index (κ1) is 13.5. The molecule has 5 nitrogen and oxygen atoms in total. The fourth-order valence-corrected chi connectivity index (χ4v) is 2.06. The Balaban J connectivity index is 1.92. The third kappa shape index (κ3) is 3.54. The lowest BCUT2D eigenvalue weighted by atomic mass is 10.1.